The molecule has 0 radical (unpaired) electrons. The minimum atomic E-state index is -0.372. The van der Waals surface area contributed by atoms with E-state index in [0.29, 0.717) is 48.1 Å². The Balaban J connectivity index is 1.69. The number of likely N-dealkylation sites (tertiary alicyclic amines) is 1. The summed E-state index contributed by atoms with van der Waals surface area (Å²) in [5, 5.41) is 3.35. The van der Waals surface area contributed by atoms with E-state index in [0.717, 1.165) is 13.0 Å². The van der Waals surface area contributed by atoms with Gasteiger partial charge in [-0.25, -0.2) is 9.37 Å². The summed E-state index contributed by atoms with van der Waals surface area (Å²) < 4.78 is 18.9. The maximum absolute atomic E-state index is 13.6. The third-order valence-corrected chi connectivity index (χ3v) is 4.55. The monoisotopic (exact) mass is 359 g/mol. The minimum Gasteiger partial charge on any atom is -0.496 e. The van der Waals surface area contributed by atoms with E-state index in [1.807, 2.05) is 4.90 Å². The molecule has 0 unspecified atom stereocenters. The zero-order chi connectivity index (χ0) is 18.7. The lowest BCUT2D eigenvalue weighted by atomic mass is 10.1. The average molecular weight is 359 g/mol. The number of ether oxygens (including phenoxy) is 1. The summed E-state index contributed by atoms with van der Waals surface area (Å²) >= 11 is 0. The number of hydrogen-bond acceptors (Lipinski definition) is 4. The summed E-state index contributed by atoms with van der Waals surface area (Å²) in [4.78, 5) is 30.2. The zero-order valence-corrected chi connectivity index (χ0v) is 15.0. The van der Waals surface area contributed by atoms with Gasteiger partial charge in [0.2, 0.25) is 5.91 Å². The molecule has 26 heavy (non-hydrogen) atoms. The van der Waals surface area contributed by atoms with Gasteiger partial charge in [0.25, 0.3) is 5.91 Å². The molecule has 1 aliphatic rings. The van der Waals surface area contributed by atoms with Crippen molar-refractivity contribution in [3.63, 3.8) is 0 Å². The van der Waals surface area contributed by atoms with Crippen LogP contribution >= 0.6 is 0 Å². The molecule has 1 aliphatic heterocycles. The Kier molecular flexibility index (Phi) is 5.35. The van der Waals surface area contributed by atoms with E-state index in [2.05, 4.69) is 10.3 Å². The van der Waals surface area contributed by atoms with E-state index in [1.54, 1.807) is 6.92 Å². The molecule has 0 bridgehead atoms. The van der Waals surface area contributed by atoms with Crippen molar-refractivity contribution in [2.24, 2.45) is 0 Å². The number of fused-ring (bicyclic) bond motifs is 1. The van der Waals surface area contributed by atoms with Gasteiger partial charge in [-0.05, 0) is 37.5 Å². The maximum Gasteiger partial charge on any atom is 0.270 e. The van der Waals surface area contributed by atoms with E-state index in [4.69, 9.17) is 4.74 Å². The van der Waals surface area contributed by atoms with Crippen LogP contribution in [0.4, 0.5) is 4.39 Å². The highest BCUT2D eigenvalue weighted by Crippen LogP contribution is 2.28. The molecule has 0 atom stereocenters. The SMILES string of the molecule is COc1cc(C(=O)NCCCN2CCCC2=O)nc2c(C)cc(F)cc12. The molecule has 0 aliphatic carbocycles. The van der Waals surface area contributed by atoms with Gasteiger partial charge in [0, 0.05) is 37.5 Å². The van der Waals surface area contributed by atoms with Gasteiger partial charge in [0.1, 0.15) is 17.3 Å². The van der Waals surface area contributed by atoms with Crippen molar-refractivity contribution in [2.45, 2.75) is 26.2 Å². The lowest BCUT2D eigenvalue weighted by Crippen LogP contribution is -2.31. The molecule has 1 aromatic heterocycles. The first-order valence-electron chi connectivity index (χ1n) is 8.70. The molecule has 138 valence electrons. The molecular formula is C19H22FN3O3. The van der Waals surface area contributed by atoms with Crippen LogP contribution in [-0.2, 0) is 4.79 Å². The van der Waals surface area contributed by atoms with Crippen molar-refractivity contribution < 1.29 is 18.7 Å². The number of aryl methyl sites for hydroxylation is 1. The number of carbonyl (C=O) groups is 2. The third-order valence-electron chi connectivity index (χ3n) is 4.55. The number of amides is 2. The number of hydrogen-bond donors (Lipinski definition) is 1. The van der Waals surface area contributed by atoms with Crippen LogP contribution < -0.4 is 10.1 Å². The maximum atomic E-state index is 13.6. The summed E-state index contributed by atoms with van der Waals surface area (Å²) in [5.74, 6) is -0.101. The number of aromatic nitrogens is 1. The number of rotatable bonds is 6. The highest BCUT2D eigenvalue weighted by molar-refractivity contribution is 5.97. The average Bonchev–Trinajstić information content (AvgIpc) is 3.02. The first-order valence-corrected chi connectivity index (χ1v) is 8.70. The number of benzene rings is 1. The lowest BCUT2D eigenvalue weighted by molar-refractivity contribution is -0.127. The quantitative estimate of drug-likeness (QED) is 0.804. The highest BCUT2D eigenvalue weighted by atomic mass is 19.1. The minimum absolute atomic E-state index is 0.181. The van der Waals surface area contributed by atoms with Crippen molar-refractivity contribution in [1.82, 2.24) is 15.2 Å². The number of nitrogens with one attached hydrogen (secondary N) is 1. The molecule has 6 nitrogen and oxygen atoms in total. The third kappa shape index (κ3) is 3.76. The standard InChI is InChI=1S/C19H22FN3O3/c1-12-9-13(20)10-14-16(26-2)11-15(22-18(12)14)19(25)21-6-4-8-23-7-3-5-17(23)24/h9-11H,3-8H2,1-2H3,(H,21,25). The number of nitrogens with zero attached hydrogens (tertiary/aromatic N) is 2. The summed E-state index contributed by atoms with van der Waals surface area (Å²) in [7, 11) is 1.48. The van der Waals surface area contributed by atoms with Crippen molar-refractivity contribution in [3.05, 3.63) is 35.3 Å². The van der Waals surface area contributed by atoms with E-state index in [1.165, 1.54) is 25.3 Å². The fourth-order valence-electron chi connectivity index (χ4n) is 3.21. The molecule has 1 aromatic carbocycles. The molecule has 2 amide bonds. The van der Waals surface area contributed by atoms with E-state index < -0.39 is 0 Å². The Morgan fingerprint density at radius 2 is 2.19 bits per heavy atom. The molecule has 1 fully saturated rings. The second-order valence-corrected chi connectivity index (χ2v) is 6.42. The normalized spacial score (nSPS) is 14.1. The van der Waals surface area contributed by atoms with Crippen molar-refractivity contribution in [2.75, 3.05) is 26.7 Å². The van der Waals surface area contributed by atoms with Crippen molar-refractivity contribution >= 4 is 22.7 Å². The van der Waals surface area contributed by atoms with E-state index in [-0.39, 0.29) is 23.3 Å². The Hall–Kier alpha value is -2.70. The van der Waals surface area contributed by atoms with Crippen LogP contribution in [0.1, 0.15) is 35.3 Å². The summed E-state index contributed by atoms with van der Waals surface area (Å²) in [5.41, 5.74) is 1.40. The Morgan fingerprint density at radius 1 is 1.38 bits per heavy atom. The fraction of sp³-hybridized carbons (Fsp3) is 0.421. The van der Waals surface area contributed by atoms with Gasteiger partial charge in [-0.3, -0.25) is 9.59 Å². The molecule has 0 spiro atoms. The van der Waals surface area contributed by atoms with Crippen LogP contribution in [0.25, 0.3) is 10.9 Å². The predicted octanol–water partition coefficient (Wildman–Crippen LogP) is 2.43. The Morgan fingerprint density at radius 3 is 2.88 bits per heavy atom. The van der Waals surface area contributed by atoms with E-state index >= 15 is 0 Å². The Bertz CT molecular complexity index is 854. The molecular weight excluding hydrogens is 337 g/mol. The smallest absolute Gasteiger partial charge is 0.270 e. The second kappa shape index (κ2) is 7.68. The molecule has 1 saturated heterocycles. The predicted molar refractivity (Wildman–Crippen MR) is 95.8 cm³/mol. The summed E-state index contributed by atoms with van der Waals surface area (Å²) in [6.07, 6.45) is 2.21. The zero-order valence-electron chi connectivity index (χ0n) is 15.0. The first kappa shape index (κ1) is 18.1. The van der Waals surface area contributed by atoms with E-state index in [9.17, 15) is 14.0 Å². The van der Waals surface area contributed by atoms with Gasteiger partial charge < -0.3 is 15.0 Å². The molecule has 3 rings (SSSR count). The van der Waals surface area contributed by atoms with Crippen LogP contribution in [0.15, 0.2) is 18.2 Å². The lowest BCUT2D eigenvalue weighted by Gasteiger charge is -2.15. The van der Waals surface area contributed by atoms with Crippen LogP contribution in [0, 0.1) is 12.7 Å². The molecule has 0 saturated carbocycles. The van der Waals surface area contributed by atoms with Crippen molar-refractivity contribution in [1.29, 1.82) is 0 Å². The number of carbonyl (C=O) groups excluding carboxylic acids is 2. The van der Waals surface area contributed by atoms with Gasteiger partial charge in [-0.15, -0.1) is 0 Å². The van der Waals surface area contributed by atoms with Crippen molar-refractivity contribution in [3.8, 4) is 5.75 Å². The fourth-order valence-corrected chi connectivity index (χ4v) is 3.21. The van der Waals surface area contributed by atoms with Gasteiger partial charge in [0.15, 0.2) is 0 Å². The number of methoxy groups -OCH3 is 1. The number of halogens is 1. The topological polar surface area (TPSA) is 71.5 Å². The van der Waals surface area contributed by atoms with Crippen LogP contribution in [0.2, 0.25) is 0 Å². The second-order valence-electron chi connectivity index (χ2n) is 6.42. The molecule has 2 heterocycles. The van der Waals surface area contributed by atoms with Crippen LogP contribution in [0.3, 0.4) is 0 Å². The largest absolute Gasteiger partial charge is 0.496 e. The number of pyridine rings is 1. The Labute approximate surface area is 151 Å². The molecule has 1 N–H and O–H groups in total. The summed E-state index contributed by atoms with van der Waals surface area (Å²) in [6.45, 7) is 3.64. The van der Waals surface area contributed by atoms with Crippen LogP contribution in [-0.4, -0.2) is 48.4 Å². The van der Waals surface area contributed by atoms with Gasteiger partial charge in [-0.1, -0.05) is 0 Å². The van der Waals surface area contributed by atoms with Gasteiger partial charge in [-0.2, -0.15) is 0 Å². The summed E-state index contributed by atoms with van der Waals surface area (Å²) in [6, 6.07) is 4.24. The first-order chi connectivity index (χ1) is 12.5. The molecule has 7 heteroatoms. The van der Waals surface area contributed by atoms with Crippen LogP contribution in [0.5, 0.6) is 5.75 Å². The van der Waals surface area contributed by atoms with Gasteiger partial charge in [0.05, 0.1) is 12.6 Å². The highest BCUT2D eigenvalue weighted by Gasteiger charge is 2.19. The molecule has 2 aromatic rings. The van der Waals surface area contributed by atoms with Gasteiger partial charge >= 0.3 is 0 Å².